The van der Waals surface area contributed by atoms with Gasteiger partial charge in [0.2, 0.25) is 0 Å². The maximum Gasteiger partial charge on any atom is 0.355 e. The third kappa shape index (κ3) is 2.32. The third-order valence-electron chi connectivity index (χ3n) is 2.81. The van der Waals surface area contributed by atoms with E-state index in [2.05, 4.69) is 4.98 Å². The van der Waals surface area contributed by atoms with Gasteiger partial charge in [-0.2, -0.15) is 0 Å². The number of alkyl halides is 1. The molecule has 0 amide bonds. The third-order valence-corrected chi connectivity index (χ3v) is 3.72. The molecule has 0 unspecified atom stereocenters. The summed E-state index contributed by atoms with van der Waals surface area (Å²) in [6, 6.07) is 0. The standard InChI is InChI=1S/C10H13FN2O2S/c11-5-7-1-3-13(4-2-7)10-12-8(6-16-10)9(14)15/h6-7H,1-5H2,(H,14,15). The zero-order valence-electron chi connectivity index (χ0n) is 8.73. The highest BCUT2D eigenvalue weighted by atomic mass is 32.1. The van der Waals surface area contributed by atoms with Crippen LogP contribution in [0.3, 0.4) is 0 Å². The molecular formula is C10H13FN2O2S. The number of rotatable bonds is 3. The van der Waals surface area contributed by atoms with Crippen LogP contribution in [0.2, 0.25) is 0 Å². The maximum atomic E-state index is 12.4. The van der Waals surface area contributed by atoms with E-state index in [1.807, 2.05) is 4.90 Å². The van der Waals surface area contributed by atoms with Gasteiger partial charge >= 0.3 is 5.97 Å². The van der Waals surface area contributed by atoms with Gasteiger partial charge in [0.05, 0.1) is 6.67 Å². The fraction of sp³-hybridized carbons (Fsp3) is 0.600. The summed E-state index contributed by atoms with van der Waals surface area (Å²) >= 11 is 1.33. The topological polar surface area (TPSA) is 53.4 Å². The molecule has 6 heteroatoms. The van der Waals surface area contributed by atoms with Gasteiger partial charge in [-0.05, 0) is 18.8 Å². The van der Waals surface area contributed by atoms with E-state index >= 15 is 0 Å². The molecule has 1 fully saturated rings. The number of aromatic nitrogens is 1. The average Bonchev–Trinajstić information content (AvgIpc) is 2.78. The summed E-state index contributed by atoms with van der Waals surface area (Å²) in [5.41, 5.74) is 0.0904. The lowest BCUT2D eigenvalue weighted by molar-refractivity contribution is 0.0691. The summed E-state index contributed by atoms with van der Waals surface area (Å²) in [4.78, 5) is 16.7. The normalized spacial score (nSPS) is 17.7. The van der Waals surface area contributed by atoms with Crippen LogP contribution in [0.25, 0.3) is 0 Å². The van der Waals surface area contributed by atoms with Gasteiger partial charge in [0.1, 0.15) is 0 Å². The molecule has 0 spiro atoms. The van der Waals surface area contributed by atoms with Crippen molar-refractivity contribution in [3.63, 3.8) is 0 Å². The number of carbonyl (C=O) groups is 1. The monoisotopic (exact) mass is 244 g/mol. The Morgan fingerprint density at radius 3 is 2.81 bits per heavy atom. The summed E-state index contributed by atoms with van der Waals surface area (Å²) in [6.07, 6.45) is 1.64. The summed E-state index contributed by atoms with van der Waals surface area (Å²) in [6.45, 7) is 1.27. The number of aromatic carboxylic acids is 1. The molecule has 0 radical (unpaired) electrons. The molecule has 2 rings (SSSR count). The van der Waals surface area contributed by atoms with Crippen molar-refractivity contribution >= 4 is 22.4 Å². The molecule has 16 heavy (non-hydrogen) atoms. The summed E-state index contributed by atoms with van der Waals surface area (Å²) in [5.74, 6) is -0.837. The Labute approximate surface area is 96.7 Å². The maximum absolute atomic E-state index is 12.4. The first-order valence-corrected chi connectivity index (χ1v) is 6.08. The molecule has 0 aliphatic carbocycles. The minimum absolute atomic E-state index is 0.0904. The van der Waals surface area contributed by atoms with E-state index in [1.165, 1.54) is 11.3 Å². The largest absolute Gasteiger partial charge is 0.476 e. The van der Waals surface area contributed by atoms with Crippen LogP contribution in [-0.2, 0) is 0 Å². The van der Waals surface area contributed by atoms with Crippen molar-refractivity contribution in [3.8, 4) is 0 Å². The summed E-state index contributed by atoms with van der Waals surface area (Å²) < 4.78 is 12.4. The fourth-order valence-corrected chi connectivity index (χ4v) is 2.64. The Morgan fingerprint density at radius 2 is 2.31 bits per heavy atom. The van der Waals surface area contributed by atoms with E-state index in [4.69, 9.17) is 5.11 Å². The number of carboxylic acid groups (broad SMARTS) is 1. The molecule has 1 aliphatic heterocycles. The summed E-state index contributed by atoms with van der Waals surface area (Å²) in [7, 11) is 0. The van der Waals surface area contributed by atoms with Crippen molar-refractivity contribution in [1.29, 1.82) is 0 Å². The minimum atomic E-state index is -0.999. The number of hydrogen-bond donors (Lipinski definition) is 1. The molecule has 0 aromatic carbocycles. The van der Waals surface area contributed by atoms with Crippen LogP contribution in [-0.4, -0.2) is 35.8 Å². The van der Waals surface area contributed by atoms with Crippen LogP contribution in [0.5, 0.6) is 0 Å². The molecule has 1 aromatic rings. The van der Waals surface area contributed by atoms with Crippen molar-refractivity contribution in [2.45, 2.75) is 12.8 Å². The zero-order valence-corrected chi connectivity index (χ0v) is 9.54. The second-order valence-corrected chi connectivity index (χ2v) is 4.74. The molecule has 4 nitrogen and oxygen atoms in total. The molecule has 0 saturated carbocycles. The van der Waals surface area contributed by atoms with Crippen molar-refractivity contribution < 1.29 is 14.3 Å². The van der Waals surface area contributed by atoms with E-state index in [0.29, 0.717) is 0 Å². The second kappa shape index (κ2) is 4.78. The smallest absolute Gasteiger partial charge is 0.355 e. The van der Waals surface area contributed by atoms with E-state index in [0.717, 1.165) is 31.1 Å². The molecule has 1 aliphatic rings. The first kappa shape index (κ1) is 11.3. The average molecular weight is 244 g/mol. The number of thiazole rings is 1. The molecule has 0 atom stereocenters. The van der Waals surface area contributed by atoms with Gasteiger partial charge in [-0.15, -0.1) is 11.3 Å². The highest BCUT2D eigenvalue weighted by Gasteiger charge is 2.21. The van der Waals surface area contributed by atoms with Crippen LogP contribution in [0, 0.1) is 5.92 Å². The number of hydrogen-bond acceptors (Lipinski definition) is 4. The van der Waals surface area contributed by atoms with E-state index in [1.54, 1.807) is 5.38 Å². The first-order chi connectivity index (χ1) is 7.70. The van der Waals surface area contributed by atoms with Crippen molar-refractivity contribution in [2.24, 2.45) is 5.92 Å². The Bertz CT molecular complexity index is 375. The molecule has 0 bridgehead atoms. The zero-order chi connectivity index (χ0) is 11.5. The molecule has 1 aromatic heterocycles. The number of anilines is 1. The second-order valence-electron chi connectivity index (χ2n) is 3.91. The Morgan fingerprint density at radius 1 is 1.62 bits per heavy atom. The quantitative estimate of drug-likeness (QED) is 0.884. The van der Waals surface area contributed by atoms with Gasteiger partial charge < -0.3 is 10.0 Å². The SMILES string of the molecule is O=C(O)c1csc(N2CCC(CF)CC2)n1. The van der Waals surface area contributed by atoms with Crippen LogP contribution in [0.15, 0.2) is 5.38 Å². The Balaban J connectivity index is 2.00. The van der Waals surface area contributed by atoms with Gasteiger partial charge in [0.15, 0.2) is 10.8 Å². The van der Waals surface area contributed by atoms with Gasteiger partial charge in [0.25, 0.3) is 0 Å². The predicted molar refractivity (Wildman–Crippen MR) is 60.0 cm³/mol. The number of halogens is 1. The fourth-order valence-electron chi connectivity index (χ4n) is 1.79. The lowest BCUT2D eigenvalue weighted by atomic mass is 9.99. The van der Waals surface area contributed by atoms with E-state index in [9.17, 15) is 9.18 Å². The molecule has 1 N–H and O–H groups in total. The number of carboxylic acids is 1. The molecule has 2 heterocycles. The molecule has 88 valence electrons. The van der Waals surface area contributed by atoms with E-state index < -0.39 is 5.97 Å². The highest BCUT2D eigenvalue weighted by Crippen LogP contribution is 2.26. The Hall–Kier alpha value is -1.17. The molecular weight excluding hydrogens is 231 g/mol. The lowest BCUT2D eigenvalue weighted by Crippen LogP contribution is -2.34. The van der Waals surface area contributed by atoms with Gasteiger partial charge in [-0.3, -0.25) is 4.39 Å². The van der Waals surface area contributed by atoms with Crippen LogP contribution < -0.4 is 4.90 Å². The van der Waals surface area contributed by atoms with Crippen molar-refractivity contribution in [2.75, 3.05) is 24.7 Å². The van der Waals surface area contributed by atoms with Crippen LogP contribution in [0.4, 0.5) is 9.52 Å². The lowest BCUT2D eigenvalue weighted by Gasteiger charge is -2.30. The van der Waals surface area contributed by atoms with Crippen molar-refractivity contribution in [3.05, 3.63) is 11.1 Å². The Kier molecular flexibility index (Phi) is 3.38. The molecule has 1 saturated heterocycles. The van der Waals surface area contributed by atoms with Gasteiger partial charge in [-0.1, -0.05) is 0 Å². The predicted octanol–water partition coefficient (Wildman–Crippen LogP) is 2.03. The van der Waals surface area contributed by atoms with Crippen molar-refractivity contribution in [1.82, 2.24) is 4.98 Å². The van der Waals surface area contributed by atoms with Crippen LogP contribution >= 0.6 is 11.3 Å². The highest BCUT2D eigenvalue weighted by molar-refractivity contribution is 7.13. The van der Waals surface area contributed by atoms with Gasteiger partial charge in [-0.25, -0.2) is 9.78 Å². The van der Waals surface area contributed by atoms with E-state index in [-0.39, 0.29) is 18.3 Å². The first-order valence-electron chi connectivity index (χ1n) is 5.20. The number of piperidine rings is 1. The van der Waals surface area contributed by atoms with Gasteiger partial charge in [0, 0.05) is 18.5 Å². The number of nitrogens with zero attached hydrogens (tertiary/aromatic N) is 2. The minimum Gasteiger partial charge on any atom is -0.476 e. The van der Waals surface area contributed by atoms with Crippen LogP contribution in [0.1, 0.15) is 23.3 Å². The summed E-state index contributed by atoms with van der Waals surface area (Å²) in [5, 5.41) is 11.0.